The van der Waals surface area contributed by atoms with Crippen LogP contribution in [0.3, 0.4) is 0 Å². The van der Waals surface area contributed by atoms with Gasteiger partial charge in [-0.25, -0.2) is 8.42 Å². The summed E-state index contributed by atoms with van der Waals surface area (Å²) in [7, 11) is -0.731. The molecule has 1 fully saturated rings. The van der Waals surface area contributed by atoms with Crippen LogP contribution in [0.2, 0.25) is 0 Å². The lowest BCUT2D eigenvalue weighted by Gasteiger charge is -2.37. The van der Waals surface area contributed by atoms with E-state index in [2.05, 4.69) is 0 Å². The molecule has 0 spiro atoms. The molecular weight excluding hydrogens is 677 g/mol. The number of benzene rings is 4. The molecule has 5 rings (SSSR count). The number of sulfonamides is 1. The van der Waals surface area contributed by atoms with Gasteiger partial charge in [0.15, 0.2) is 11.6 Å². The van der Waals surface area contributed by atoms with Gasteiger partial charge in [-0.15, -0.1) is 0 Å². The Morgan fingerprint density at radius 3 is 2.08 bits per heavy atom. The number of amides is 1. The number of piperidine rings is 1. The molecule has 10 heteroatoms. The molecule has 274 valence electrons. The minimum Gasteiger partial charge on any atom is -0.497 e. The Morgan fingerprint density at radius 1 is 0.885 bits per heavy atom. The third-order valence-electron chi connectivity index (χ3n) is 10.1. The normalized spacial score (nSPS) is 16.5. The Labute approximate surface area is 307 Å². The van der Waals surface area contributed by atoms with Crippen molar-refractivity contribution in [1.82, 2.24) is 4.90 Å². The Morgan fingerprint density at radius 2 is 1.48 bits per heavy atom. The highest BCUT2D eigenvalue weighted by atomic mass is 32.2. The van der Waals surface area contributed by atoms with E-state index in [1.807, 2.05) is 91.9 Å². The highest BCUT2D eigenvalue weighted by Gasteiger charge is 2.38. The van der Waals surface area contributed by atoms with E-state index in [4.69, 9.17) is 4.74 Å². The summed E-state index contributed by atoms with van der Waals surface area (Å²) >= 11 is 0. The number of rotatable bonds is 16. The van der Waals surface area contributed by atoms with E-state index in [9.17, 15) is 27.9 Å². The van der Waals surface area contributed by atoms with E-state index in [0.717, 1.165) is 33.0 Å². The monoisotopic (exact) mass is 724 g/mol. The number of aliphatic hydroxyl groups is 1. The number of methoxy groups -OCH3 is 1. The third kappa shape index (κ3) is 9.74. The number of aliphatic hydroxyl groups excluding tert-OH is 1. The maximum Gasteiger partial charge on any atom is 0.231 e. The van der Waals surface area contributed by atoms with E-state index in [1.54, 1.807) is 12.0 Å². The highest BCUT2D eigenvalue weighted by molar-refractivity contribution is 7.92. The van der Waals surface area contributed by atoms with Crippen LogP contribution < -0.4 is 9.04 Å². The predicted molar refractivity (Wildman–Crippen MR) is 203 cm³/mol. The number of nitrogens with zero attached hydrogens (tertiary/aromatic N) is 2. The molecule has 1 saturated heterocycles. The van der Waals surface area contributed by atoms with Gasteiger partial charge < -0.3 is 14.7 Å². The van der Waals surface area contributed by atoms with Crippen molar-refractivity contribution in [3.8, 4) is 5.75 Å². The zero-order chi connectivity index (χ0) is 37.4. The fraction of sp³-hybridized carbons (Fsp3) is 0.357. The molecule has 1 N–H and O–H groups in total. The number of ketones is 2. The standard InChI is InChI=1S/C42H48N2O7S/c1-29(32-14-9-6-10-15-32)22-39(45)33-24-34(26-36(25-33)43(2)52(4,49)50)40(46)27-35(23-30-12-7-5-8-13-30)41(47)38-16-11-21-44(42(38)48)28-31-17-19-37(51-3)20-18-31/h5-10,12-15,17-20,24-26,29,35,38,41,47H,11,16,21-23,27-28H2,1-4H3/t29-,35+,38-,41-/m0/s1. The zero-order valence-corrected chi connectivity index (χ0v) is 31.1. The molecule has 9 nitrogen and oxygen atoms in total. The van der Waals surface area contributed by atoms with E-state index in [1.165, 1.54) is 25.2 Å². The SMILES string of the molecule is COc1ccc(CN2CCC[C@@H]([C@@H](O)[C@@H](CC(=O)c3cc(C(=O)C[C@H](C)c4ccccc4)cc(N(C)S(C)(=O)=O)c3)Cc3ccccc3)C2=O)cc1. The van der Waals surface area contributed by atoms with Gasteiger partial charge in [-0.3, -0.25) is 18.7 Å². The maximum absolute atomic E-state index is 14.2. The van der Waals surface area contributed by atoms with Gasteiger partial charge in [-0.1, -0.05) is 79.7 Å². The van der Waals surface area contributed by atoms with Gasteiger partial charge in [0.2, 0.25) is 15.9 Å². The number of ether oxygens (including phenoxy) is 1. The molecule has 0 aromatic heterocycles. The molecule has 0 saturated carbocycles. The van der Waals surface area contributed by atoms with Crippen molar-refractivity contribution in [3.05, 3.63) is 131 Å². The fourth-order valence-corrected chi connectivity index (χ4v) is 7.40. The van der Waals surface area contributed by atoms with E-state index in [-0.39, 0.29) is 53.0 Å². The number of hydrogen-bond donors (Lipinski definition) is 1. The first-order valence-electron chi connectivity index (χ1n) is 17.7. The van der Waals surface area contributed by atoms with Gasteiger partial charge in [0.1, 0.15) is 5.75 Å². The average molecular weight is 725 g/mol. The van der Waals surface area contributed by atoms with Crippen molar-refractivity contribution in [2.75, 3.05) is 31.3 Å². The van der Waals surface area contributed by atoms with Crippen LogP contribution in [-0.4, -0.2) is 69.0 Å². The molecule has 52 heavy (non-hydrogen) atoms. The Hall–Kier alpha value is -4.80. The highest BCUT2D eigenvalue weighted by Crippen LogP contribution is 2.32. The lowest BCUT2D eigenvalue weighted by atomic mass is 9.79. The summed E-state index contributed by atoms with van der Waals surface area (Å²) in [6.45, 7) is 2.91. The van der Waals surface area contributed by atoms with Crippen LogP contribution in [0.5, 0.6) is 5.75 Å². The Bertz CT molecular complexity index is 1950. The molecule has 1 aliphatic rings. The van der Waals surface area contributed by atoms with Crippen LogP contribution in [0.15, 0.2) is 103 Å². The van der Waals surface area contributed by atoms with Gasteiger partial charge >= 0.3 is 0 Å². The third-order valence-corrected chi connectivity index (χ3v) is 11.3. The zero-order valence-electron chi connectivity index (χ0n) is 30.3. The lowest BCUT2D eigenvalue weighted by Crippen LogP contribution is -2.47. The van der Waals surface area contributed by atoms with Gasteiger partial charge in [0.25, 0.3) is 0 Å². The average Bonchev–Trinajstić information content (AvgIpc) is 3.15. The van der Waals surface area contributed by atoms with Crippen molar-refractivity contribution in [2.45, 2.75) is 57.6 Å². The van der Waals surface area contributed by atoms with Crippen LogP contribution in [-0.2, 0) is 27.8 Å². The van der Waals surface area contributed by atoms with Gasteiger partial charge in [-0.05, 0) is 78.1 Å². The molecule has 0 aliphatic carbocycles. The van der Waals surface area contributed by atoms with E-state index < -0.39 is 28.0 Å². The topological polar surface area (TPSA) is 121 Å². The van der Waals surface area contributed by atoms with Crippen LogP contribution in [0, 0.1) is 11.8 Å². The summed E-state index contributed by atoms with van der Waals surface area (Å²) in [5, 5.41) is 12.0. The summed E-state index contributed by atoms with van der Waals surface area (Å²) in [5.41, 5.74) is 3.45. The molecule has 4 atom stereocenters. The van der Waals surface area contributed by atoms with Crippen LogP contribution in [0.25, 0.3) is 0 Å². The molecule has 1 amide bonds. The van der Waals surface area contributed by atoms with Crippen molar-refractivity contribution in [3.63, 3.8) is 0 Å². The van der Waals surface area contributed by atoms with Crippen molar-refractivity contribution in [2.24, 2.45) is 11.8 Å². The minimum atomic E-state index is -3.71. The second-order valence-corrected chi connectivity index (χ2v) is 15.9. The van der Waals surface area contributed by atoms with Crippen LogP contribution >= 0.6 is 0 Å². The van der Waals surface area contributed by atoms with Crippen molar-refractivity contribution in [1.29, 1.82) is 0 Å². The van der Waals surface area contributed by atoms with E-state index in [0.29, 0.717) is 32.4 Å². The van der Waals surface area contributed by atoms with Gasteiger partial charge in [0.05, 0.1) is 31.1 Å². The first kappa shape index (κ1) is 38.4. The molecular formula is C42H48N2O7S. The van der Waals surface area contributed by atoms with Crippen molar-refractivity contribution >= 4 is 33.2 Å². The predicted octanol–water partition coefficient (Wildman–Crippen LogP) is 6.70. The summed E-state index contributed by atoms with van der Waals surface area (Å²) in [6.07, 6.45) is 1.54. The molecule has 4 aromatic carbocycles. The maximum atomic E-state index is 14.2. The number of carbonyl (C=O) groups excluding carboxylic acids is 3. The molecule has 0 bridgehead atoms. The molecule has 1 heterocycles. The van der Waals surface area contributed by atoms with Crippen LogP contribution in [0.1, 0.15) is 75.9 Å². The second-order valence-electron chi connectivity index (χ2n) is 13.9. The van der Waals surface area contributed by atoms with Gasteiger partial charge in [-0.2, -0.15) is 0 Å². The van der Waals surface area contributed by atoms with E-state index >= 15 is 0 Å². The van der Waals surface area contributed by atoms with Crippen LogP contribution in [0.4, 0.5) is 5.69 Å². The fourth-order valence-electron chi connectivity index (χ4n) is 6.91. The van der Waals surface area contributed by atoms with Crippen molar-refractivity contribution < 1.29 is 32.6 Å². The quantitative estimate of drug-likeness (QED) is 0.128. The van der Waals surface area contributed by atoms with Gasteiger partial charge in [0, 0.05) is 44.1 Å². The minimum absolute atomic E-state index is 0.105. The number of carbonyl (C=O) groups is 3. The smallest absolute Gasteiger partial charge is 0.231 e. The Kier molecular flexibility index (Phi) is 12.7. The molecule has 1 aliphatic heterocycles. The molecule has 0 radical (unpaired) electrons. The lowest BCUT2D eigenvalue weighted by molar-refractivity contribution is -0.145. The largest absolute Gasteiger partial charge is 0.497 e. The summed E-state index contributed by atoms with van der Waals surface area (Å²) in [4.78, 5) is 43.5. The first-order chi connectivity index (χ1) is 24.8. The first-order valence-corrected chi connectivity index (χ1v) is 19.5. The number of likely N-dealkylation sites (tertiary alicyclic amines) is 1. The number of hydrogen-bond acceptors (Lipinski definition) is 7. The molecule has 4 aromatic rings. The number of Topliss-reactive ketones (excluding diaryl/α,β-unsaturated/α-hetero) is 2. The second kappa shape index (κ2) is 17.1. The summed E-state index contributed by atoms with van der Waals surface area (Å²) < 4.78 is 31.5. The Balaban J connectivity index is 1.42. The summed E-state index contributed by atoms with van der Waals surface area (Å²) in [6, 6.07) is 31.2. The number of anilines is 1. The summed E-state index contributed by atoms with van der Waals surface area (Å²) in [5.74, 6) is -1.44. The molecule has 0 unspecified atom stereocenters.